The number of ether oxygens (including phenoxy) is 1. The van der Waals surface area contributed by atoms with Gasteiger partial charge in [0.2, 0.25) is 0 Å². The van der Waals surface area contributed by atoms with Crippen LogP contribution in [0.15, 0.2) is 12.2 Å². The van der Waals surface area contributed by atoms with Crippen LogP contribution in [0.2, 0.25) is 0 Å². The predicted molar refractivity (Wildman–Crippen MR) is 68.4 cm³/mol. The Morgan fingerprint density at radius 2 is 2.35 bits per heavy atom. The predicted octanol–water partition coefficient (Wildman–Crippen LogP) is 2.38. The second kappa shape index (κ2) is 4.15. The fourth-order valence-corrected chi connectivity index (χ4v) is 3.75. The number of fused-ring (bicyclic) bond motifs is 2. The van der Waals surface area contributed by atoms with Gasteiger partial charge in [0.15, 0.2) is 0 Å². The molecule has 94 valence electrons. The highest BCUT2D eigenvalue weighted by Crippen LogP contribution is 2.66. The molecule has 0 aliphatic heterocycles. The highest BCUT2D eigenvalue weighted by Gasteiger charge is 2.60. The van der Waals surface area contributed by atoms with E-state index >= 15 is 0 Å². The van der Waals surface area contributed by atoms with Crippen molar-refractivity contribution in [2.24, 2.45) is 16.7 Å². The molecule has 0 heterocycles. The maximum absolute atomic E-state index is 10.4. The lowest BCUT2D eigenvalue weighted by molar-refractivity contribution is -0.0163. The van der Waals surface area contributed by atoms with E-state index in [1.54, 1.807) is 0 Å². The van der Waals surface area contributed by atoms with Gasteiger partial charge >= 0.3 is 0 Å². The summed E-state index contributed by atoms with van der Waals surface area (Å²) >= 11 is 0. The van der Waals surface area contributed by atoms with Gasteiger partial charge in [0, 0.05) is 5.41 Å². The van der Waals surface area contributed by atoms with Gasteiger partial charge in [-0.05, 0) is 30.6 Å². The van der Waals surface area contributed by atoms with Crippen LogP contribution >= 0.6 is 0 Å². The van der Waals surface area contributed by atoms with E-state index in [0.29, 0.717) is 12.5 Å². The van der Waals surface area contributed by atoms with E-state index in [-0.39, 0.29) is 17.4 Å². The van der Waals surface area contributed by atoms with Gasteiger partial charge in [-0.3, -0.25) is 0 Å². The molecule has 0 aromatic heterocycles. The van der Waals surface area contributed by atoms with Gasteiger partial charge in [0.1, 0.15) is 6.61 Å². The van der Waals surface area contributed by atoms with E-state index in [1.807, 2.05) is 0 Å². The number of hydrogen-bond donors (Lipinski definition) is 1. The van der Waals surface area contributed by atoms with Crippen LogP contribution in [-0.4, -0.2) is 24.4 Å². The van der Waals surface area contributed by atoms with Crippen LogP contribution in [0.5, 0.6) is 0 Å². The molecule has 0 radical (unpaired) electrons. The fraction of sp³-hybridized carbons (Fsp3) is 0.733. The maximum Gasteiger partial charge on any atom is 0.107 e. The molecule has 2 fully saturated rings. The molecule has 2 nitrogen and oxygen atoms in total. The van der Waals surface area contributed by atoms with Gasteiger partial charge in [-0.15, -0.1) is 6.42 Å². The molecule has 1 N–H and O–H groups in total. The summed E-state index contributed by atoms with van der Waals surface area (Å²) in [5, 5.41) is 10.4. The van der Waals surface area contributed by atoms with Crippen molar-refractivity contribution in [3.63, 3.8) is 0 Å². The first kappa shape index (κ1) is 12.7. The summed E-state index contributed by atoms with van der Waals surface area (Å²) < 4.78 is 5.29. The molecule has 0 saturated heterocycles. The molecule has 2 aliphatic carbocycles. The van der Waals surface area contributed by atoms with Crippen molar-refractivity contribution in [1.29, 1.82) is 0 Å². The Morgan fingerprint density at radius 3 is 2.88 bits per heavy atom. The topological polar surface area (TPSA) is 29.5 Å². The van der Waals surface area contributed by atoms with Crippen LogP contribution in [0.25, 0.3) is 0 Å². The summed E-state index contributed by atoms with van der Waals surface area (Å²) in [6.07, 6.45) is 7.97. The molecule has 0 spiro atoms. The zero-order chi connectivity index (χ0) is 12.7. The Kier molecular flexibility index (Phi) is 3.10. The first-order valence-electron chi connectivity index (χ1n) is 6.34. The van der Waals surface area contributed by atoms with Crippen LogP contribution < -0.4 is 0 Å². The van der Waals surface area contributed by atoms with Gasteiger partial charge in [-0.25, -0.2) is 0 Å². The normalized spacial score (nSPS) is 35.9. The van der Waals surface area contributed by atoms with Crippen molar-refractivity contribution in [3.8, 4) is 12.3 Å². The monoisotopic (exact) mass is 234 g/mol. The minimum atomic E-state index is -0.463. The first-order chi connectivity index (χ1) is 7.95. The lowest BCUT2D eigenvalue weighted by Gasteiger charge is -2.40. The summed E-state index contributed by atoms with van der Waals surface area (Å²) in [6.45, 7) is 9.34. The molecular formula is C15H22O2. The van der Waals surface area contributed by atoms with Crippen molar-refractivity contribution < 1.29 is 9.84 Å². The van der Waals surface area contributed by atoms with Gasteiger partial charge in [0.05, 0.1) is 12.7 Å². The van der Waals surface area contributed by atoms with Crippen molar-refractivity contribution >= 4 is 0 Å². The van der Waals surface area contributed by atoms with Crippen molar-refractivity contribution in [1.82, 2.24) is 0 Å². The van der Waals surface area contributed by atoms with Crippen molar-refractivity contribution in [3.05, 3.63) is 12.2 Å². The lowest BCUT2D eigenvalue weighted by atomic mass is 9.66. The molecule has 0 unspecified atom stereocenters. The summed E-state index contributed by atoms with van der Waals surface area (Å²) in [5.74, 6) is 3.09. The molecule has 2 rings (SSSR count). The van der Waals surface area contributed by atoms with E-state index < -0.39 is 6.10 Å². The van der Waals surface area contributed by atoms with Gasteiger partial charge in [-0.1, -0.05) is 31.9 Å². The number of terminal acetylenes is 1. The van der Waals surface area contributed by atoms with E-state index in [0.717, 1.165) is 12.8 Å². The second-order valence-electron chi connectivity index (χ2n) is 6.03. The van der Waals surface area contributed by atoms with E-state index in [2.05, 4.69) is 26.3 Å². The Labute approximate surface area is 104 Å². The summed E-state index contributed by atoms with van der Waals surface area (Å²) in [7, 11) is 0. The fourth-order valence-electron chi connectivity index (χ4n) is 3.75. The van der Waals surface area contributed by atoms with Crippen LogP contribution in [0.3, 0.4) is 0 Å². The quantitative estimate of drug-likeness (QED) is 0.460. The highest BCUT2D eigenvalue weighted by molar-refractivity contribution is 5.31. The Balaban J connectivity index is 2.10. The Hall–Kier alpha value is -0.780. The minimum Gasteiger partial charge on any atom is -0.390 e. The number of hydrogen-bond acceptors (Lipinski definition) is 2. The molecular weight excluding hydrogens is 212 g/mol. The van der Waals surface area contributed by atoms with Crippen LogP contribution in [0.4, 0.5) is 0 Å². The molecule has 2 bridgehead atoms. The molecule has 2 heteroatoms. The third-order valence-corrected chi connectivity index (χ3v) is 5.05. The number of rotatable bonds is 4. The van der Waals surface area contributed by atoms with E-state index in [4.69, 9.17) is 11.2 Å². The molecule has 0 amide bonds. The van der Waals surface area contributed by atoms with Gasteiger partial charge < -0.3 is 9.84 Å². The smallest absolute Gasteiger partial charge is 0.107 e. The number of aliphatic hydroxyl groups excluding tert-OH is 1. The van der Waals surface area contributed by atoms with Crippen molar-refractivity contribution in [2.45, 2.75) is 39.2 Å². The zero-order valence-electron chi connectivity index (χ0n) is 10.8. The molecule has 17 heavy (non-hydrogen) atoms. The van der Waals surface area contributed by atoms with Crippen molar-refractivity contribution in [2.75, 3.05) is 13.2 Å². The molecule has 2 saturated carbocycles. The largest absolute Gasteiger partial charge is 0.390 e. The molecule has 0 aromatic rings. The molecule has 0 aromatic carbocycles. The Bertz CT molecular complexity index is 364. The van der Waals surface area contributed by atoms with E-state index in [1.165, 1.54) is 12.0 Å². The summed E-state index contributed by atoms with van der Waals surface area (Å²) in [5.41, 5.74) is 1.24. The Morgan fingerprint density at radius 1 is 1.65 bits per heavy atom. The third-order valence-electron chi connectivity index (χ3n) is 5.05. The third kappa shape index (κ3) is 1.73. The maximum atomic E-state index is 10.4. The average molecular weight is 234 g/mol. The second-order valence-corrected chi connectivity index (χ2v) is 6.03. The minimum absolute atomic E-state index is 0.122. The molecule has 2 aliphatic rings. The zero-order valence-corrected chi connectivity index (χ0v) is 10.8. The highest BCUT2D eigenvalue weighted by atomic mass is 16.5. The average Bonchev–Trinajstić information content (AvgIpc) is 2.80. The van der Waals surface area contributed by atoms with Gasteiger partial charge in [-0.2, -0.15) is 0 Å². The SMILES string of the molecule is C#CCOC[C@@H](O)[C@]12CC[C@H](C1)C(C)(C)C2=C. The standard InChI is InChI=1S/C15H22O2/c1-5-8-17-10-13(16)15-7-6-12(9-15)14(3,4)11(15)2/h1,12-13,16H,2,6-10H2,3-4H3/t12-,13-,15-/m1/s1. The first-order valence-corrected chi connectivity index (χ1v) is 6.34. The van der Waals surface area contributed by atoms with E-state index in [9.17, 15) is 5.11 Å². The number of aliphatic hydroxyl groups is 1. The van der Waals surface area contributed by atoms with Crippen LogP contribution in [0.1, 0.15) is 33.1 Å². The molecule has 3 atom stereocenters. The summed E-state index contributed by atoms with van der Waals surface area (Å²) in [4.78, 5) is 0. The van der Waals surface area contributed by atoms with Gasteiger partial charge in [0.25, 0.3) is 0 Å². The van der Waals surface area contributed by atoms with Crippen LogP contribution in [0, 0.1) is 29.1 Å². The summed E-state index contributed by atoms with van der Waals surface area (Å²) in [6, 6.07) is 0. The van der Waals surface area contributed by atoms with Crippen LogP contribution in [-0.2, 0) is 4.74 Å². The lowest BCUT2D eigenvalue weighted by Crippen LogP contribution is -2.39.